The largest absolute Gasteiger partial charge is 0.321 e. The van der Waals surface area contributed by atoms with Crippen molar-refractivity contribution in [1.82, 2.24) is 4.98 Å². The number of nitrogens with zero attached hydrogens (tertiary/aromatic N) is 2. The van der Waals surface area contributed by atoms with Crippen molar-refractivity contribution in [3.8, 4) is 0 Å². The topological polar surface area (TPSA) is 85.1 Å². The Morgan fingerprint density at radius 3 is 2.46 bits per heavy atom. The van der Waals surface area contributed by atoms with Crippen molar-refractivity contribution in [2.24, 2.45) is 0 Å². The number of nitro benzene ring substituents is 1. The lowest BCUT2D eigenvalue weighted by Crippen LogP contribution is -2.11. The van der Waals surface area contributed by atoms with Crippen molar-refractivity contribution in [3.05, 3.63) is 85.6 Å². The van der Waals surface area contributed by atoms with Gasteiger partial charge in [-0.1, -0.05) is 12.1 Å². The average Bonchev–Trinajstić information content (AvgIpc) is 2.98. The van der Waals surface area contributed by atoms with E-state index in [1.165, 1.54) is 47.7 Å². The SMILES string of the molecule is Cc1nc(Cc2ccc(F)cc2)sc1C(=O)Nc1ccc([N+](=O)[O-])cc1. The van der Waals surface area contributed by atoms with E-state index < -0.39 is 4.92 Å². The molecule has 0 aliphatic carbocycles. The van der Waals surface area contributed by atoms with Crippen molar-refractivity contribution in [2.45, 2.75) is 13.3 Å². The van der Waals surface area contributed by atoms with E-state index in [1.54, 1.807) is 19.1 Å². The van der Waals surface area contributed by atoms with Gasteiger partial charge in [0.05, 0.1) is 15.6 Å². The first-order valence-corrected chi connectivity index (χ1v) is 8.50. The molecule has 0 aliphatic rings. The fourth-order valence-corrected chi connectivity index (χ4v) is 3.36. The standard InChI is InChI=1S/C18H14FN3O3S/c1-11-17(18(23)21-14-6-8-15(9-7-14)22(24)25)26-16(20-11)10-12-2-4-13(19)5-3-12/h2-9H,10H2,1H3,(H,21,23). The Labute approximate surface area is 152 Å². The summed E-state index contributed by atoms with van der Waals surface area (Å²) >= 11 is 1.27. The summed E-state index contributed by atoms with van der Waals surface area (Å²) in [5.41, 5.74) is 1.93. The van der Waals surface area contributed by atoms with E-state index in [-0.39, 0.29) is 17.4 Å². The van der Waals surface area contributed by atoms with E-state index in [1.807, 2.05) is 0 Å². The number of aryl methyl sites for hydroxylation is 1. The summed E-state index contributed by atoms with van der Waals surface area (Å²) in [6, 6.07) is 11.8. The molecule has 1 amide bonds. The molecule has 0 atom stereocenters. The molecule has 3 rings (SSSR count). The van der Waals surface area contributed by atoms with Crippen LogP contribution in [0.3, 0.4) is 0 Å². The Bertz CT molecular complexity index is 953. The molecule has 0 bridgehead atoms. The van der Waals surface area contributed by atoms with Gasteiger partial charge in [-0.2, -0.15) is 0 Å². The maximum atomic E-state index is 13.0. The van der Waals surface area contributed by atoms with Gasteiger partial charge in [-0.3, -0.25) is 14.9 Å². The van der Waals surface area contributed by atoms with Crippen molar-refractivity contribution in [3.63, 3.8) is 0 Å². The van der Waals surface area contributed by atoms with Crippen molar-refractivity contribution in [2.75, 3.05) is 5.32 Å². The second-order valence-electron chi connectivity index (χ2n) is 5.58. The third-order valence-corrected chi connectivity index (χ3v) is 4.81. The number of hydrogen-bond acceptors (Lipinski definition) is 5. The molecule has 26 heavy (non-hydrogen) atoms. The summed E-state index contributed by atoms with van der Waals surface area (Å²) in [6.07, 6.45) is 0.511. The van der Waals surface area contributed by atoms with Crippen LogP contribution in [0.4, 0.5) is 15.8 Å². The number of hydrogen-bond donors (Lipinski definition) is 1. The average molecular weight is 371 g/mol. The smallest absolute Gasteiger partial charge is 0.269 e. The van der Waals surface area contributed by atoms with Crippen LogP contribution >= 0.6 is 11.3 Å². The van der Waals surface area contributed by atoms with E-state index >= 15 is 0 Å². The number of rotatable bonds is 5. The minimum absolute atomic E-state index is 0.0430. The zero-order chi connectivity index (χ0) is 18.7. The van der Waals surface area contributed by atoms with Crippen LogP contribution in [-0.4, -0.2) is 15.8 Å². The van der Waals surface area contributed by atoms with Gasteiger partial charge in [0.1, 0.15) is 10.7 Å². The quantitative estimate of drug-likeness (QED) is 0.534. The fourth-order valence-electron chi connectivity index (χ4n) is 2.37. The monoisotopic (exact) mass is 371 g/mol. The zero-order valence-electron chi connectivity index (χ0n) is 13.7. The number of non-ortho nitro benzene ring substituents is 1. The van der Waals surface area contributed by atoms with Gasteiger partial charge in [0.25, 0.3) is 11.6 Å². The molecule has 0 aliphatic heterocycles. The first-order valence-electron chi connectivity index (χ1n) is 7.69. The fraction of sp³-hybridized carbons (Fsp3) is 0.111. The molecular formula is C18H14FN3O3S. The lowest BCUT2D eigenvalue weighted by atomic mass is 10.1. The molecule has 8 heteroatoms. The Balaban J connectivity index is 1.72. The predicted molar refractivity (Wildman–Crippen MR) is 97.1 cm³/mol. The molecule has 0 fully saturated rings. The molecule has 132 valence electrons. The van der Waals surface area contributed by atoms with Gasteiger partial charge in [-0.05, 0) is 36.8 Å². The molecule has 0 saturated heterocycles. The Hall–Kier alpha value is -3.13. The van der Waals surface area contributed by atoms with E-state index in [0.29, 0.717) is 22.7 Å². The van der Waals surface area contributed by atoms with Gasteiger partial charge < -0.3 is 5.32 Å². The Kier molecular flexibility index (Phi) is 5.04. The van der Waals surface area contributed by atoms with Crippen LogP contribution in [0.1, 0.15) is 25.9 Å². The minimum Gasteiger partial charge on any atom is -0.321 e. The summed E-state index contributed by atoms with van der Waals surface area (Å²) in [6.45, 7) is 1.75. The first kappa shape index (κ1) is 17.7. The van der Waals surface area contributed by atoms with Gasteiger partial charge in [-0.15, -0.1) is 11.3 Å². The number of carbonyl (C=O) groups excluding carboxylic acids is 1. The second kappa shape index (κ2) is 7.40. The molecule has 1 N–H and O–H groups in total. The molecule has 0 spiro atoms. The number of aromatic nitrogens is 1. The van der Waals surface area contributed by atoms with Crippen LogP contribution in [0.2, 0.25) is 0 Å². The maximum absolute atomic E-state index is 13.0. The minimum atomic E-state index is -0.499. The number of thiazole rings is 1. The molecule has 0 saturated carbocycles. The molecule has 6 nitrogen and oxygen atoms in total. The van der Waals surface area contributed by atoms with Gasteiger partial charge in [0.2, 0.25) is 0 Å². The number of amides is 1. The number of benzene rings is 2. The third-order valence-electron chi connectivity index (χ3n) is 3.65. The van der Waals surface area contributed by atoms with E-state index in [9.17, 15) is 19.3 Å². The Morgan fingerprint density at radius 1 is 1.19 bits per heavy atom. The van der Waals surface area contributed by atoms with Crippen molar-refractivity contribution >= 4 is 28.6 Å². The highest BCUT2D eigenvalue weighted by Crippen LogP contribution is 2.23. The lowest BCUT2D eigenvalue weighted by molar-refractivity contribution is -0.384. The van der Waals surface area contributed by atoms with E-state index in [0.717, 1.165) is 10.6 Å². The number of nitrogens with one attached hydrogen (secondary N) is 1. The molecule has 1 heterocycles. The number of halogens is 1. The predicted octanol–water partition coefficient (Wildman–Crippen LogP) is 4.34. The van der Waals surface area contributed by atoms with Crippen LogP contribution in [0.25, 0.3) is 0 Å². The van der Waals surface area contributed by atoms with Gasteiger partial charge in [-0.25, -0.2) is 9.37 Å². The molecule has 1 aromatic heterocycles. The maximum Gasteiger partial charge on any atom is 0.269 e. The summed E-state index contributed by atoms with van der Waals surface area (Å²) in [5, 5.41) is 14.1. The number of nitro groups is 1. The molecule has 2 aromatic carbocycles. The third kappa shape index (κ3) is 4.09. The molecule has 0 unspecified atom stereocenters. The summed E-state index contributed by atoms with van der Waals surface area (Å²) in [7, 11) is 0. The number of carbonyl (C=O) groups is 1. The molecule has 3 aromatic rings. The normalized spacial score (nSPS) is 10.5. The van der Waals surface area contributed by atoms with Crippen molar-refractivity contribution in [1.29, 1.82) is 0 Å². The van der Waals surface area contributed by atoms with Crippen LogP contribution in [0, 0.1) is 22.9 Å². The van der Waals surface area contributed by atoms with Crippen LogP contribution in [0.15, 0.2) is 48.5 Å². The molecule has 0 radical (unpaired) electrons. The summed E-state index contributed by atoms with van der Waals surface area (Å²) < 4.78 is 13.0. The van der Waals surface area contributed by atoms with Crippen molar-refractivity contribution < 1.29 is 14.1 Å². The van der Waals surface area contributed by atoms with E-state index in [4.69, 9.17) is 0 Å². The van der Waals surface area contributed by atoms with E-state index in [2.05, 4.69) is 10.3 Å². The highest BCUT2D eigenvalue weighted by atomic mass is 32.1. The highest BCUT2D eigenvalue weighted by molar-refractivity contribution is 7.14. The van der Waals surface area contributed by atoms with Gasteiger partial charge in [0.15, 0.2) is 0 Å². The molecular weight excluding hydrogens is 357 g/mol. The summed E-state index contributed by atoms with van der Waals surface area (Å²) in [4.78, 5) is 27.5. The van der Waals surface area contributed by atoms with Crippen LogP contribution in [0.5, 0.6) is 0 Å². The summed E-state index contributed by atoms with van der Waals surface area (Å²) in [5.74, 6) is -0.619. The van der Waals surface area contributed by atoms with Crippen LogP contribution in [-0.2, 0) is 6.42 Å². The van der Waals surface area contributed by atoms with Gasteiger partial charge >= 0.3 is 0 Å². The highest BCUT2D eigenvalue weighted by Gasteiger charge is 2.16. The van der Waals surface area contributed by atoms with Crippen LogP contribution < -0.4 is 5.32 Å². The lowest BCUT2D eigenvalue weighted by Gasteiger charge is -2.03. The van der Waals surface area contributed by atoms with Gasteiger partial charge in [0, 0.05) is 24.2 Å². The first-order chi connectivity index (χ1) is 12.4. The second-order valence-corrected chi connectivity index (χ2v) is 6.67. The number of anilines is 1. The zero-order valence-corrected chi connectivity index (χ0v) is 14.5. The Morgan fingerprint density at radius 2 is 1.85 bits per heavy atom.